The molecule has 2 heterocycles. The Balaban J connectivity index is 0.00000243. The van der Waals surface area contributed by atoms with Crippen LogP contribution in [0.3, 0.4) is 0 Å². The van der Waals surface area contributed by atoms with Gasteiger partial charge in [0.15, 0.2) is 4.90 Å². The van der Waals surface area contributed by atoms with Crippen LogP contribution in [-0.4, -0.2) is 46.8 Å². The van der Waals surface area contributed by atoms with E-state index in [-0.39, 0.29) is 24.0 Å². The zero-order valence-corrected chi connectivity index (χ0v) is 16.1. The van der Waals surface area contributed by atoms with Gasteiger partial charge < -0.3 is 9.88 Å². The number of hydrogen-bond acceptors (Lipinski definition) is 6. The first-order valence-corrected chi connectivity index (χ1v) is 9.28. The summed E-state index contributed by atoms with van der Waals surface area (Å²) in [7, 11) is -2.43. The van der Waals surface area contributed by atoms with Crippen LogP contribution in [0.2, 0.25) is 5.02 Å². The van der Waals surface area contributed by atoms with Crippen LogP contribution in [0.4, 0.5) is 5.69 Å². The van der Waals surface area contributed by atoms with Gasteiger partial charge in [0, 0.05) is 45.1 Å². The molecule has 1 aliphatic rings. The first kappa shape index (κ1) is 20.6. The summed E-state index contributed by atoms with van der Waals surface area (Å²) in [5.41, 5.74) is -0.537. The minimum absolute atomic E-state index is 0. The van der Waals surface area contributed by atoms with Gasteiger partial charge in [-0.25, -0.2) is 13.4 Å². The molecule has 0 bridgehead atoms. The lowest BCUT2D eigenvalue weighted by atomic mass is 10.2. The van der Waals surface area contributed by atoms with E-state index in [9.17, 15) is 18.5 Å². The van der Waals surface area contributed by atoms with Crippen molar-refractivity contribution in [2.24, 2.45) is 7.05 Å². The van der Waals surface area contributed by atoms with E-state index < -0.39 is 31.6 Å². The predicted molar refractivity (Wildman–Crippen MR) is 98.1 cm³/mol. The van der Waals surface area contributed by atoms with Crippen LogP contribution in [0.25, 0.3) is 0 Å². The van der Waals surface area contributed by atoms with Crippen LogP contribution >= 0.6 is 24.0 Å². The molecule has 1 unspecified atom stereocenters. The number of nitro benzene ring substituents is 1. The van der Waals surface area contributed by atoms with E-state index in [1.807, 2.05) is 0 Å². The Kier molecular flexibility index (Phi) is 6.25. The predicted octanol–water partition coefficient (Wildman–Crippen LogP) is 1.74. The molecule has 12 heteroatoms. The summed E-state index contributed by atoms with van der Waals surface area (Å²) in [6, 6.07) is 3.23. The van der Waals surface area contributed by atoms with Crippen molar-refractivity contribution >= 4 is 39.7 Å². The molecule has 0 aliphatic carbocycles. The number of aromatic nitrogens is 2. The van der Waals surface area contributed by atoms with Crippen molar-refractivity contribution in [1.82, 2.24) is 19.2 Å². The molecule has 9 nitrogen and oxygen atoms in total. The van der Waals surface area contributed by atoms with Crippen LogP contribution in [0.1, 0.15) is 11.9 Å². The maximum absolute atomic E-state index is 13.2. The molecule has 1 aromatic carbocycles. The number of nitrogens with zero attached hydrogens (tertiary/aromatic N) is 4. The summed E-state index contributed by atoms with van der Waals surface area (Å²) in [4.78, 5) is 14.3. The highest BCUT2D eigenvalue weighted by Crippen LogP contribution is 2.36. The topological polar surface area (TPSA) is 110 Å². The van der Waals surface area contributed by atoms with Crippen LogP contribution in [0, 0.1) is 10.1 Å². The Labute approximate surface area is 161 Å². The van der Waals surface area contributed by atoms with Crippen molar-refractivity contribution < 1.29 is 13.3 Å². The monoisotopic (exact) mass is 421 g/mol. The second-order valence-electron chi connectivity index (χ2n) is 5.58. The van der Waals surface area contributed by atoms with Crippen molar-refractivity contribution in [3.8, 4) is 0 Å². The lowest BCUT2D eigenvalue weighted by Crippen LogP contribution is -2.49. The Morgan fingerprint density at radius 1 is 1.42 bits per heavy atom. The molecule has 3 rings (SSSR count). The minimum atomic E-state index is -4.19. The van der Waals surface area contributed by atoms with Gasteiger partial charge in [-0.15, -0.1) is 12.4 Å². The lowest BCUT2D eigenvalue weighted by Gasteiger charge is -2.34. The summed E-state index contributed by atoms with van der Waals surface area (Å²) in [6.07, 6.45) is 3.29. The fraction of sp³-hybridized carbons (Fsp3) is 0.357. The number of nitro groups is 1. The van der Waals surface area contributed by atoms with Gasteiger partial charge in [-0.3, -0.25) is 10.1 Å². The quantitative estimate of drug-likeness (QED) is 0.594. The van der Waals surface area contributed by atoms with Crippen molar-refractivity contribution in [3.05, 3.63) is 51.6 Å². The van der Waals surface area contributed by atoms with Crippen molar-refractivity contribution in [3.63, 3.8) is 0 Å². The molecule has 1 N–H and O–H groups in total. The van der Waals surface area contributed by atoms with Gasteiger partial charge in [0.05, 0.1) is 16.0 Å². The number of piperazine rings is 1. The summed E-state index contributed by atoms with van der Waals surface area (Å²) in [6.45, 7) is 0.934. The van der Waals surface area contributed by atoms with Crippen LogP contribution in [-0.2, 0) is 17.1 Å². The Bertz CT molecular complexity index is 918. The Hall–Kier alpha value is -1.72. The molecule has 1 aliphatic heterocycles. The zero-order valence-electron chi connectivity index (χ0n) is 13.7. The van der Waals surface area contributed by atoms with Crippen molar-refractivity contribution in [2.45, 2.75) is 10.9 Å². The third-order valence-electron chi connectivity index (χ3n) is 4.06. The molecule has 26 heavy (non-hydrogen) atoms. The molecule has 1 aromatic heterocycles. The first-order chi connectivity index (χ1) is 11.8. The standard InChI is InChI=1S/C14H16ClN5O4S.ClH/c1-18-7-6-17-14(18)12-9-16-5-8-19(12)25(23,24)13-10(15)3-2-4-11(13)20(21)22;/h2-4,6-7,12,16H,5,8-9H2,1H3;1H. The maximum Gasteiger partial charge on any atom is 0.290 e. The number of aryl methyl sites for hydroxylation is 1. The van der Waals surface area contributed by atoms with Crippen LogP contribution in [0.15, 0.2) is 35.5 Å². The highest BCUT2D eigenvalue weighted by Gasteiger charge is 2.40. The summed E-state index contributed by atoms with van der Waals surface area (Å²) in [5.74, 6) is 0.547. The fourth-order valence-corrected chi connectivity index (χ4v) is 5.16. The number of halogens is 2. The fourth-order valence-electron chi connectivity index (χ4n) is 2.91. The van der Waals surface area contributed by atoms with E-state index in [2.05, 4.69) is 10.3 Å². The third-order valence-corrected chi connectivity index (χ3v) is 6.49. The second-order valence-corrected chi connectivity index (χ2v) is 7.81. The Morgan fingerprint density at radius 2 is 2.15 bits per heavy atom. The summed E-state index contributed by atoms with van der Waals surface area (Å²) in [5, 5.41) is 14.3. The van der Waals surface area contributed by atoms with E-state index in [0.717, 1.165) is 6.07 Å². The molecule has 0 spiro atoms. The molecule has 0 saturated carbocycles. The second kappa shape index (κ2) is 7.89. The molecular weight excluding hydrogens is 405 g/mol. The summed E-state index contributed by atoms with van der Waals surface area (Å²) < 4.78 is 29.4. The number of nitrogens with one attached hydrogen (secondary N) is 1. The van der Waals surface area contributed by atoms with Crippen molar-refractivity contribution in [2.75, 3.05) is 19.6 Å². The molecule has 142 valence electrons. The van der Waals surface area contributed by atoms with Gasteiger partial charge in [0.25, 0.3) is 15.7 Å². The summed E-state index contributed by atoms with van der Waals surface area (Å²) >= 11 is 6.03. The average Bonchev–Trinajstić information content (AvgIpc) is 3.00. The first-order valence-electron chi connectivity index (χ1n) is 7.46. The van der Waals surface area contributed by atoms with E-state index in [4.69, 9.17) is 11.6 Å². The van der Waals surface area contributed by atoms with Gasteiger partial charge in [-0.1, -0.05) is 17.7 Å². The molecule has 1 saturated heterocycles. The van der Waals surface area contributed by atoms with Gasteiger partial charge in [-0.05, 0) is 6.07 Å². The van der Waals surface area contributed by atoms with E-state index in [1.54, 1.807) is 24.0 Å². The maximum atomic E-state index is 13.2. The number of hydrogen-bond donors (Lipinski definition) is 1. The number of sulfonamides is 1. The van der Waals surface area contributed by atoms with E-state index in [1.165, 1.54) is 16.4 Å². The van der Waals surface area contributed by atoms with Gasteiger partial charge in [-0.2, -0.15) is 4.31 Å². The molecular formula is C14H17Cl2N5O4S. The largest absolute Gasteiger partial charge is 0.337 e. The lowest BCUT2D eigenvalue weighted by molar-refractivity contribution is -0.387. The molecule has 0 radical (unpaired) electrons. The number of rotatable bonds is 4. The average molecular weight is 422 g/mol. The smallest absolute Gasteiger partial charge is 0.290 e. The van der Waals surface area contributed by atoms with E-state index >= 15 is 0 Å². The SMILES string of the molecule is Cl.Cn1ccnc1C1CNCCN1S(=O)(=O)c1c(Cl)cccc1[N+](=O)[O-]. The highest BCUT2D eigenvalue weighted by molar-refractivity contribution is 7.89. The Morgan fingerprint density at radius 3 is 2.77 bits per heavy atom. The molecule has 1 fully saturated rings. The van der Waals surface area contributed by atoms with Gasteiger partial charge >= 0.3 is 0 Å². The minimum Gasteiger partial charge on any atom is -0.337 e. The molecule has 0 amide bonds. The van der Waals surface area contributed by atoms with Crippen molar-refractivity contribution in [1.29, 1.82) is 0 Å². The number of benzene rings is 1. The van der Waals surface area contributed by atoms with Gasteiger partial charge in [0.2, 0.25) is 0 Å². The van der Waals surface area contributed by atoms with E-state index in [0.29, 0.717) is 18.9 Å². The van der Waals surface area contributed by atoms with Crippen LogP contribution in [0.5, 0.6) is 0 Å². The molecule has 2 aromatic rings. The third kappa shape index (κ3) is 3.55. The van der Waals surface area contributed by atoms with Gasteiger partial charge in [0.1, 0.15) is 5.82 Å². The van der Waals surface area contributed by atoms with Crippen LogP contribution < -0.4 is 5.32 Å². The number of imidazole rings is 1. The molecule has 1 atom stereocenters. The normalized spacial score (nSPS) is 18.3. The zero-order chi connectivity index (χ0) is 18.2. The highest BCUT2D eigenvalue weighted by atomic mass is 35.5.